The average Bonchev–Trinajstić information content (AvgIpc) is 3.61. The molecule has 11 heteroatoms. The van der Waals surface area contributed by atoms with Gasteiger partial charge in [0.25, 0.3) is 0 Å². The highest BCUT2D eigenvalue weighted by Crippen LogP contribution is 2.32. The fourth-order valence-corrected chi connectivity index (χ4v) is 4.66. The largest absolute Gasteiger partial charge is 0.369 e. The van der Waals surface area contributed by atoms with Gasteiger partial charge in [0.15, 0.2) is 5.84 Å². The minimum atomic E-state index is -0.798. The zero-order valence-corrected chi connectivity index (χ0v) is 21.6. The quantitative estimate of drug-likeness (QED) is 0.288. The number of rotatable bonds is 7. The molecule has 1 unspecified atom stereocenters. The van der Waals surface area contributed by atoms with Gasteiger partial charge in [0.2, 0.25) is 5.95 Å². The molecular formula is C27H30FN9O. The Hall–Kier alpha value is -4.38. The summed E-state index contributed by atoms with van der Waals surface area (Å²) in [7, 11) is 3.51. The van der Waals surface area contributed by atoms with Crippen molar-refractivity contribution in [2.24, 2.45) is 12.0 Å². The lowest BCUT2D eigenvalue weighted by atomic mass is 9.90. The smallest absolute Gasteiger partial charge is 0.225 e. The second-order valence-corrected chi connectivity index (χ2v) is 9.28. The number of anilines is 1. The number of aryl methyl sites for hydroxylation is 1. The highest BCUT2D eigenvalue weighted by atomic mass is 19.1. The van der Waals surface area contributed by atoms with Crippen molar-refractivity contribution in [2.75, 3.05) is 38.2 Å². The number of piperazine rings is 1. The number of nitrogens with zero attached hydrogens (tertiary/aromatic N) is 7. The second-order valence-electron chi connectivity index (χ2n) is 9.28. The second kappa shape index (κ2) is 10.5. The molecule has 0 spiro atoms. The molecular weight excluding hydrogens is 485 g/mol. The predicted molar refractivity (Wildman–Crippen MR) is 144 cm³/mol. The maximum Gasteiger partial charge on any atom is 0.225 e. The van der Waals surface area contributed by atoms with Crippen molar-refractivity contribution in [3.63, 3.8) is 0 Å². The van der Waals surface area contributed by atoms with Gasteiger partial charge in [-0.2, -0.15) is 5.10 Å². The van der Waals surface area contributed by atoms with Crippen molar-refractivity contribution in [3.05, 3.63) is 84.0 Å². The first-order valence-corrected chi connectivity index (χ1v) is 12.3. The van der Waals surface area contributed by atoms with E-state index in [1.165, 1.54) is 12.1 Å². The van der Waals surface area contributed by atoms with Gasteiger partial charge in [-0.15, -0.1) is 0 Å². The van der Waals surface area contributed by atoms with Crippen LogP contribution < -0.4 is 4.90 Å². The molecule has 0 radical (unpaired) electrons. The van der Waals surface area contributed by atoms with E-state index < -0.39 is 5.60 Å². The number of hydrogen-bond donors (Lipinski definition) is 2. The van der Waals surface area contributed by atoms with E-state index in [4.69, 9.17) is 10.1 Å². The molecule has 1 aliphatic rings. The molecule has 1 saturated heterocycles. The lowest BCUT2D eigenvalue weighted by molar-refractivity contribution is 0.0384. The molecule has 38 heavy (non-hydrogen) atoms. The van der Waals surface area contributed by atoms with Crippen molar-refractivity contribution in [1.29, 1.82) is 5.41 Å². The summed E-state index contributed by atoms with van der Waals surface area (Å²) in [4.78, 5) is 21.2. The van der Waals surface area contributed by atoms with Gasteiger partial charge >= 0.3 is 0 Å². The van der Waals surface area contributed by atoms with Gasteiger partial charge in [-0.05, 0) is 30.7 Å². The summed E-state index contributed by atoms with van der Waals surface area (Å²) in [5, 5.41) is 11.8. The van der Waals surface area contributed by atoms with Crippen LogP contribution in [0.25, 0.3) is 11.1 Å². The molecule has 5 rings (SSSR count). The van der Waals surface area contributed by atoms with Gasteiger partial charge in [-0.25, -0.2) is 19.4 Å². The summed E-state index contributed by atoms with van der Waals surface area (Å²) in [5.41, 5.74) is 3.68. The van der Waals surface area contributed by atoms with Crippen molar-refractivity contribution in [3.8, 4) is 11.1 Å². The summed E-state index contributed by atoms with van der Waals surface area (Å²) in [6.45, 7) is 4.72. The minimum absolute atomic E-state index is 0.294. The molecule has 4 aromatic rings. The number of methoxy groups -OCH3 is 1. The van der Waals surface area contributed by atoms with Crippen LogP contribution >= 0.6 is 0 Å². The molecule has 1 fully saturated rings. The summed E-state index contributed by atoms with van der Waals surface area (Å²) in [5.74, 6) is 1.06. The van der Waals surface area contributed by atoms with Crippen LogP contribution in [0.15, 0.2) is 66.3 Å². The van der Waals surface area contributed by atoms with E-state index in [-0.39, 0.29) is 5.82 Å². The Morgan fingerprint density at radius 1 is 1.08 bits per heavy atom. The number of H-pyrrole nitrogens is 1. The lowest BCUT2D eigenvalue weighted by Crippen LogP contribution is -2.49. The molecule has 0 amide bonds. The van der Waals surface area contributed by atoms with Gasteiger partial charge in [-0.1, -0.05) is 12.1 Å². The molecule has 0 aliphatic carbocycles. The van der Waals surface area contributed by atoms with E-state index in [1.54, 1.807) is 36.3 Å². The molecule has 3 aromatic heterocycles. The number of hydrogen-bond acceptors (Lipinski definition) is 6. The van der Waals surface area contributed by atoms with Crippen LogP contribution in [0.5, 0.6) is 0 Å². The van der Waals surface area contributed by atoms with Gasteiger partial charge in [-0.3, -0.25) is 10.1 Å². The third-order valence-corrected chi connectivity index (χ3v) is 7.00. The summed E-state index contributed by atoms with van der Waals surface area (Å²) >= 11 is 0. The maximum atomic E-state index is 13.4. The van der Waals surface area contributed by atoms with Crippen LogP contribution in [0.4, 0.5) is 10.3 Å². The molecule has 0 saturated carbocycles. The van der Waals surface area contributed by atoms with Crippen LogP contribution in [0.2, 0.25) is 0 Å². The number of aromatic amines is 1. The summed E-state index contributed by atoms with van der Waals surface area (Å²) in [6.07, 6.45) is 10.3. The zero-order valence-electron chi connectivity index (χ0n) is 21.6. The third-order valence-electron chi connectivity index (χ3n) is 7.00. The van der Waals surface area contributed by atoms with Gasteiger partial charge in [0, 0.05) is 81.8 Å². The van der Waals surface area contributed by atoms with E-state index in [1.807, 2.05) is 38.6 Å². The fourth-order valence-electron chi connectivity index (χ4n) is 4.66. The molecule has 1 aliphatic heterocycles. The van der Waals surface area contributed by atoms with Crippen LogP contribution in [0.3, 0.4) is 0 Å². The average molecular weight is 516 g/mol. The predicted octanol–water partition coefficient (Wildman–Crippen LogP) is 3.43. The molecule has 1 atom stereocenters. The molecule has 0 bridgehead atoms. The van der Waals surface area contributed by atoms with E-state index >= 15 is 0 Å². The van der Waals surface area contributed by atoms with E-state index in [0.29, 0.717) is 32.1 Å². The van der Waals surface area contributed by atoms with Crippen molar-refractivity contribution < 1.29 is 9.13 Å². The van der Waals surface area contributed by atoms with Gasteiger partial charge in [0.05, 0.1) is 11.9 Å². The number of ether oxygens (including phenoxy) is 1. The standard InChI is InChI=1S/C27H30FN9O/c1-27(38-3,21-4-6-23(28)7-5-21)22-15-31-26(32-16-22)37-10-8-36(9-11-37)25(33-18-29)24-12-19(13-30-24)20-14-34-35(2)17-20/h4-7,12-18,29-30H,8-11H2,1-3H3/b29-18?,33-25+. The number of aromatic nitrogens is 5. The van der Waals surface area contributed by atoms with Crippen LogP contribution in [-0.2, 0) is 17.4 Å². The first-order chi connectivity index (χ1) is 18.4. The van der Waals surface area contributed by atoms with Crippen molar-refractivity contribution in [1.82, 2.24) is 29.6 Å². The first-order valence-electron chi connectivity index (χ1n) is 12.3. The Bertz CT molecular complexity index is 1420. The maximum absolute atomic E-state index is 13.4. The molecule has 2 N–H and O–H groups in total. The number of amidine groups is 1. The Morgan fingerprint density at radius 2 is 1.79 bits per heavy atom. The molecule has 1 aromatic carbocycles. The Morgan fingerprint density at radius 3 is 2.39 bits per heavy atom. The summed E-state index contributed by atoms with van der Waals surface area (Å²) < 4.78 is 21.0. The van der Waals surface area contributed by atoms with Gasteiger partial charge < -0.3 is 19.5 Å². The van der Waals surface area contributed by atoms with Crippen molar-refractivity contribution >= 4 is 18.1 Å². The number of aliphatic imine (C=N–C) groups is 1. The van der Waals surface area contributed by atoms with E-state index in [0.717, 1.165) is 40.1 Å². The fraction of sp³-hybridized carbons (Fsp3) is 0.296. The topological polar surface area (TPSA) is 111 Å². The third kappa shape index (κ3) is 4.92. The van der Waals surface area contributed by atoms with Crippen LogP contribution in [0, 0.1) is 11.2 Å². The highest BCUT2D eigenvalue weighted by Gasteiger charge is 2.30. The molecule has 196 valence electrons. The highest BCUT2D eigenvalue weighted by molar-refractivity contribution is 6.01. The lowest BCUT2D eigenvalue weighted by Gasteiger charge is -2.36. The first kappa shape index (κ1) is 25.3. The van der Waals surface area contributed by atoms with E-state index in [2.05, 4.69) is 34.8 Å². The van der Waals surface area contributed by atoms with Crippen LogP contribution in [-0.4, -0.2) is 75.1 Å². The SMILES string of the molecule is COC(C)(c1ccc(F)cc1)c1cnc(N2CCN(/C(=N/C=N)c3cc(-c4cnn(C)c4)c[nH]3)CC2)nc1. The van der Waals surface area contributed by atoms with E-state index in [9.17, 15) is 4.39 Å². The Balaban J connectivity index is 1.27. The monoisotopic (exact) mass is 515 g/mol. The number of nitrogens with one attached hydrogen (secondary N) is 2. The van der Waals surface area contributed by atoms with Crippen LogP contribution in [0.1, 0.15) is 23.7 Å². The normalized spacial score (nSPS) is 15.9. The Kier molecular flexibility index (Phi) is 7.01. The summed E-state index contributed by atoms with van der Waals surface area (Å²) in [6, 6.07) is 8.29. The Labute approximate surface area is 220 Å². The van der Waals surface area contributed by atoms with Crippen molar-refractivity contribution in [2.45, 2.75) is 12.5 Å². The van der Waals surface area contributed by atoms with Gasteiger partial charge in [0.1, 0.15) is 17.8 Å². The number of benzene rings is 1. The molecule has 10 nitrogen and oxygen atoms in total. The number of halogens is 1. The zero-order chi connectivity index (χ0) is 26.7. The molecule has 4 heterocycles. The minimum Gasteiger partial charge on any atom is -0.369 e.